The maximum absolute atomic E-state index is 11.7. The Labute approximate surface area is 134 Å². The molecule has 4 rings (SSSR count). The van der Waals surface area contributed by atoms with Crippen molar-refractivity contribution in [2.45, 2.75) is 77.4 Å². The number of hydrogen-bond donors (Lipinski definition) is 1. The van der Waals surface area contributed by atoms with Crippen molar-refractivity contribution in [2.75, 3.05) is 0 Å². The van der Waals surface area contributed by atoms with Gasteiger partial charge < -0.3 is 9.84 Å². The van der Waals surface area contributed by atoms with Crippen molar-refractivity contribution in [3.05, 3.63) is 12.3 Å². The Kier molecular flexibility index (Phi) is 3.52. The molecule has 4 fully saturated rings. The molecule has 0 aromatic rings. The van der Waals surface area contributed by atoms with E-state index in [9.17, 15) is 9.90 Å². The number of aliphatic hydroxyl groups is 1. The smallest absolute Gasteiger partial charge is 0.193 e. The van der Waals surface area contributed by atoms with Crippen molar-refractivity contribution in [2.24, 2.45) is 23.2 Å². The Balaban J connectivity index is 1.97. The Morgan fingerprint density at radius 3 is 2.23 bits per heavy atom. The van der Waals surface area contributed by atoms with Gasteiger partial charge in [0.15, 0.2) is 11.5 Å². The number of ketones is 1. The molecule has 0 saturated heterocycles. The van der Waals surface area contributed by atoms with Gasteiger partial charge in [0.05, 0.1) is 5.60 Å². The number of carbonyl (C=O) groups excluding carboxylic acids is 1. The molecule has 4 bridgehead atoms. The van der Waals surface area contributed by atoms with Gasteiger partial charge in [-0.15, -0.1) is 0 Å². The average Bonchev–Trinajstić information content (AvgIpc) is 2.34. The monoisotopic (exact) mass is 306 g/mol. The minimum Gasteiger partial charge on any atom is -0.484 e. The third-order valence-electron chi connectivity index (χ3n) is 6.91. The highest BCUT2D eigenvalue weighted by atomic mass is 16.5. The number of Topliss-reactive ketones (excluding diaryl/α,β-unsaturated/α-hetero) is 1. The van der Waals surface area contributed by atoms with Gasteiger partial charge in [-0.2, -0.15) is 0 Å². The normalized spacial score (nSPS) is 42.3. The fourth-order valence-electron chi connectivity index (χ4n) is 5.96. The zero-order chi connectivity index (χ0) is 16.3. The Morgan fingerprint density at radius 2 is 1.82 bits per heavy atom. The van der Waals surface area contributed by atoms with Crippen LogP contribution >= 0.6 is 0 Å². The summed E-state index contributed by atoms with van der Waals surface area (Å²) in [6.45, 7) is 11.8. The van der Waals surface area contributed by atoms with Crippen molar-refractivity contribution >= 4 is 5.78 Å². The third kappa shape index (κ3) is 2.24. The third-order valence-corrected chi connectivity index (χ3v) is 6.91. The summed E-state index contributed by atoms with van der Waals surface area (Å²) in [4.78, 5) is 11.7. The van der Waals surface area contributed by atoms with Gasteiger partial charge in [-0.25, -0.2) is 0 Å². The minimum absolute atomic E-state index is 0.0294. The van der Waals surface area contributed by atoms with E-state index in [4.69, 9.17) is 4.74 Å². The molecule has 4 aliphatic carbocycles. The first kappa shape index (κ1) is 16.0. The molecule has 3 heteroatoms. The first-order valence-corrected chi connectivity index (χ1v) is 8.70. The van der Waals surface area contributed by atoms with Crippen LogP contribution in [0.2, 0.25) is 0 Å². The van der Waals surface area contributed by atoms with E-state index in [2.05, 4.69) is 27.4 Å². The van der Waals surface area contributed by atoms with E-state index in [1.54, 1.807) is 0 Å². The fraction of sp³-hybridized carbons (Fsp3) is 0.842. The van der Waals surface area contributed by atoms with Crippen molar-refractivity contribution in [1.82, 2.24) is 0 Å². The molecule has 1 N–H and O–H groups in total. The Hall–Kier alpha value is -0.830. The van der Waals surface area contributed by atoms with Gasteiger partial charge in [0.25, 0.3) is 0 Å². The summed E-state index contributed by atoms with van der Waals surface area (Å²) in [6.07, 6.45) is 6.20. The topological polar surface area (TPSA) is 46.5 Å². The average molecular weight is 306 g/mol. The molecule has 0 amide bonds. The molecule has 0 heterocycles. The van der Waals surface area contributed by atoms with E-state index in [-0.39, 0.29) is 22.9 Å². The number of allylic oxidation sites excluding steroid dienone is 1. The largest absolute Gasteiger partial charge is 0.484 e. The van der Waals surface area contributed by atoms with Crippen LogP contribution in [0.25, 0.3) is 0 Å². The first-order chi connectivity index (χ1) is 10.1. The molecule has 0 aliphatic heterocycles. The highest BCUT2D eigenvalue weighted by Gasteiger charge is 2.65. The standard InChI is InChI=1S/C19H30O3/c1-12(2)17(5,22-14(4)13(3)20)18-7-15-6-16(8-18)10-19(21,9-15)11-18/h12,15-16,21H,4,6-11H2,1-3,5H3. The SMILES string of the molecule is C=C(OC(C)(C(C)C)C12CC3CC(CC(O)(C3)C1)C2)C(C)=O. The lowest BCUT2D eigenvalue weighted by atomic mass is 9.43. The predicted molar refractivity (Wildman–Crippen MR) is 86.2 cm³/mol. The van der Waals surface area contributed by atoms with Crippen LogP contribution in [0.3, 0.4) is 0 Å². The van der Waals surface area contributed by atoms with E-state index < -0.39 is 11.2 Å². The molecule has 3 unspecified atom stereocenters. The zero-order valence-electron chi connectivity index (χ0n) is 14.4. The van der Waals surface area contributed by atoms with E-state index in [1.807, 2.05) is 0 Å². The van der Waals surface area contributed by atoms with Crippen molar-refractivity contribution in [1.29, 1.82) is 0 Å². The van der Waals surface area contributed by atoms with Gasteiger partial charge in [0, 0.05) is 12.3 Å². The molecule has 22 heavy (non-hydrogen) atoms. The van der Waals surface area contributed by atoms with Gasteiger partial charge in [0.2, 0.25) is 0 Å². The lowest BCUT2D eigenvalue weighted by Crippen LogP contribution is -2.65. The number of rotatable bonds is 5. The van der Waals surface area contributed by atoms with Crippen LogP contribution < -0.4 is 0 Å². The summed E-state index contributed by atoms with van der Waals surface area (Å²) in [5.74, 6) is 1.65. The van der Waals surface area contributed by atoms with Crippen LogP contribution in [0.4, 0.5) is 0 Å². The van der Waals surface area contributed by atoms with Crippen molar-refractivity contribution in [3.63, 3.8) is 0 Å². The summed E-state index contributed by atoms with van der Waals surface area (Å²) in [5.41, 5.74) is -0.985. The molecular weight excluding hydrogens is 276 g/mol. The predicted octanol–water partition coefficient (Wildman–Crippen LogP) is 3.85. The lowest BCUT2D eigenvalue weighted by molar-refractivity contribution is -0.240. The second-order valence-electron chi connectivity index (χ2n) is 8.81. The second kappa shape index (κ2) is 4.83. The lowest BCUT2D eigenvalue weighted by Gasteiger charge is -2.65. The summed E-state index contributed by atoms with van der Waals surface area (Å²) in [6, 6.07) is 0. The van der Waals surface area contributed by atoms with Gasteiger partial charge in [-0.1, -0.05) is 20.4 Å². The highest BCUT2D eigenvalue weighted by molar-refractivity contribution is 5.90. The van der Waals surface area contributed by atoms with E-state index in [0.717, 1.165) is 32.1 Å². The molecule has 124 valence electrons. The van der Waals surface area contributed by atoms with Crippen LogP contribution in [0.1, 0.15) is 66.2 Å². The molecule has 3 atom stereocenters. The van der Waals surface area contributed by atoms with Crippen LogP contribution in [0.5, 0.6) is 0 Å². The fourth-order valence-corrected chi connectivity index (χ4v) is 5.96. The summed E-state index contributed by atoms with van der Waals surface area (Å²) in [5, 5.41) is 11.0. The molecular formula is C19H30O3. The molecule has 4 aliphatic rings. The second-order valence-corrected chi connectivity index (χ2v) is 8.81. The molecule has 0 aromatic heterocycles. The Bertz CT molecular complexity index is 493. The highest BCUT2D eigenvalue weighted by Crippen LogP contribution is 2.67. The van der Waals surface area contributed by atoms with Gasteiger partial charge in [-0.05, 0) is 63.2 Å². The quantitative estimate of drug-likeness (QED) is 0.620. The van der Waals surface area contributed by atoms with Gasteiger partial charge >= 0.3 is 0 Å². The van der Waals surface area contributed by atoms with Gasteiger partial charge in [-0.3, -0.25) is 4.79 Å². The molecule has 0 aromatic carbocycles. The van der Waals surface area contributed by atoms with Gasteiger partial charge in [0.1, 0.15) is 5.60 Å². The summed E-state index contributed by atoms with van der Waals surface area (Å²) < 4.78 is 6.24. The molecule has 0 radical (unpaired) electrons. The summed E-state index contributed by atoms with van der Waals surface area (Å²) >= 11 is 0. The summed E-state index contributed by atoms with van der Waals surface area (Å²) in [7, 11) is 0. The van der Waals surface area contributed by atoms with E-state index >= 15 is 0 Å². The van der Waals surface area contributed by atoms with Crippen LogP contribution in [-0.4, -0.2) is 22.1 Å². The van der Waals surface area contributed by atoms with Crippen molar-refractivity contribution in [3.8, 4) is 0 Å². The first-order valence-electron chi connectivity index (χ1n) is 8.70. The minimum atomic E-state index is -0.513. The molecule has 4 saturated carbocycles. The van der Waals surface area contributed by atoms with Crippen LogP contribution in [0.15, 0.2) is 12.3 Å². The van der Waals surface area contributed by atoms with Crippen molar-refractivity contribution < 1.29 is 14.6 Å². The number of carbonyl (C=O) groups is 1. The maximum Gasteiger partial charge on any atom is 0.193 e. The Morgan fingerprint density at radius 1 is 1.27 bits per heavy atom. The number of ether oxygens (including phenoxy) is 1. The molecule has 0 spiro atoms. The van der Waals surface area contributed by atoms with E-state index in [1.165, 1.54) is 13.3 Å². The van der Waals surface area contributed by atoms with Crippen LogP contribution in [0, 0.1) is 23.2 Å². The zero-order valence-corrected chi connectivity index (χ0v) is 14.4. The number of hydrogen-bond acceptors (Lipinski definition) is 3. The van der Waals surface area contributed by atoms with Crippen LogP contribution in [-0.2, 0) is 9.53 Å². The maximum atomic E-state index is 11.7. The molecule has 3 nitrogen and oxygen atoms in total. The van der Waals surface area contributed by atoms with E-state index in [0.29, 0.717) is 11.8 Å².